The van der Waals surface area contributed by atoms with E-state index in [0.29, 0.717) is 12.8 Å². The highest BCUT2D eigenvalue weighted by Crippen LogP contribution is 2.26. The quantitative estimate of drug-likeness (QED) is 0.772. The number of hydrogen-bond acceptors (Lipinski definition) is 3. The van der Waals surface area contributed by atoms with Gasteiger partial charge in [-0.15, -0.1) is 0 Å². The molecule has 1 fully saturated rings. The van der Waals surface area contributed by atoms with Crippen molar-refractivity contribution in [3.63, 3.8) is 0 Å². The molecule has 1 aliphatic rings. The topological polar surface area (TPSA) is 71.4 Å². The zero-order valence-corrected chi connectivity index (χ0v) is 10.5. The van der Waals surface area contributed by atoms with Gasteiger partial charge < -0.3 is 5.11 Å². The van der Waals surface area contributed by atoms with Crippen LogP contribution >= 0.6 is 0 Å². The molecule has 0 bridgehead atoms. The second kappa shape index (κ2) is 5.66. The molecule has 1 aliphatic carbocycles. The van der Waals surface area contributed by atoms with Crippen LogP contribution in [0.15, 0.2) is 0 Å². The molecule has 0 spiro atoms. The van der Waals surface area contributed by atoms with Crippen molar-refractivity contribution in [3.05, 3.63) is 0 Å². The lowest BCUT2D eigenvalue weighted by molar-refractivity contribution is -0.136. The van der Waals surface area contributed by atoms with Crippen molar-refractivity contribution in [3.8, 4) is 0 Å². The summed E-state index contributed by atoms with van der Waals surface area (Å²) in [6, 6.07) is 0. The molecule has 0 radical (unpaired) electrons. The van der Waals surface area contributed by atoms with E-state index in [1.54, 1.807) is 0 Å². The van der Waals surface area contributed by atoms with Crippen LogP contribution in [-0.4, -0.2) is 30.0 Å². The number of carboxylic acids is 1. The second-order valence-corrected chi connectivity index (χ2v) is 7.26. The monoisotopic (exact) mass is 248 g/mol. The molecule has 94 valence electrons. The average molecular weight is 248 g/mol. The summed E-state index contributed by atoms with van der Waals surface area (Å²) in [4.78, 5) is 10.5. The Morgan fingerprint density at radius 1 is 1.25 bits per heavy atom. The predicted molar refractivity (Wildman–Crippen MR) is 62.1 cm³/mol. The van der Waals surface area contributed by atoms with Gasteiger partial charge in [-0.05, 0) is 19.8 Å². The first-order valence-corrected chi connectivity index (χ1v) is 7.50. The Balaban J connectivity index is 2.70. The zero-order chi connectivity index (χ0) is 12.2. The molecule has 0 aromatic rings. The van der Waals surface area contributed by atoms with E-state index in [0.717, 1.165) is 25.7 Å². The summed E-state index contributed by atoms with van der Waals surface area (Å²) in [6.07, 6.45) is 5.21. The van der Waals surface area contributed by atoms with E-state index in [1.165, 1.54) is 6.92 Å². The van der Waals surface area contributed by atoms with Gasteiger partial charge in [-0.25, -0.2) is 8.42 Å². The van der Waals surface area contributed by atoms with E-state index in [4.69, 9.17) is 5.11 Å². The van der Waals surface area contributed by atoms with Crippen molar-refractivity contribution in [1.82, 2.24) is 0 Å². The van der Waals surface area contributed by atoms with Gasteiger partial charge in [0.1, 0.15) is 0 Å². The summed E-state index contributed by atoms with van der Waals surface area (Å²) < 4.78 is 24.2. The van der Waals surface area contributed by atoms with Crippen LogP contribution in [0.2, 0.25) is 0 Å². The van der Waals surface area contributed by atoms with Crippen molar-refractivity contribution in [1.29, 1.82) is 0 Å². The Kier molecular flexibility index (Phi) is 4.77. The Morgan fingerprint density at radius 3 is 2.19 bits per heavy atom. The molecular weight excluding hydrogens is 228 g/mol. The number of sulfone groups is 1. The smallest absolute Gasteiger partial charge is 0.304 e. The summed E-state index contributed by atoms with van der Waals surface area (Å²) in [6.45, 7) is 1.51. The van der Waals surface area contributed by atoms with Crippen molar-refractivity contribution in [2.24, 2.45) is 0 Å². The third kappa shape index (κ3) is 3.47. The molecule has 1 N–H and O–H groups in total. The summed E-state index contributed by atoms with van der Waals surface area (Å²) in [5, 5.41) is 7.56. The van der Waals surface area contributed by atoms with Gasteiger partial charge in [0.25, 0.3) is 0 Å². The van der Waals surface area contributed by atoms with Crippen LogP contribution in [-0.2, 0) is 14.6 Å². The summed E-state index contributed by atoms with van der Waals surface area (Å²) in [7, 11) is -3.26. The molecule has 1 saturated carbocycles. The van der Waals surface area contributed by atoms with Gasteiger partial charge in [0, 0.05) is 0 Å². The highest BCUT2D eigenvalue weighted by molar-refractivity contribution is 7.92. The van der Waals surface area contributed by atoms with E-state index >= 15 is 0 Å². The minimum atomic E-state index is -3.26. The Hall–Kier alpha value is -0.580. The first-order valence-electron chi connectivity index (χ1n) is 5.89. The lowest BCUT2D eigenvalue weighted by atomic mass is 10.2. The molecule has 0 heterocycles. The first-order chi connectivity index (χ1) is 7.44. The molecule has 0 aromatic carbocycles. The van der Waals surface area contributed by atoms with Gasteiger partial charge in [-0.2, -0.15) is 0 Å². The predicted octanol–water partition coefficient (Wildman–Crippen LogP) is 1.99. The molecule has 1 rings (SSSR count). The van der Waals surface area contributed by atoms with E-state index in [-0.39, 0.29) is 11.7 Å². The van der Waals surface area contributed by atoms with Gasteiger partial charge in [-0.3, -0.25) is 4.79 Å². The van der Waals surface area contributed by atoms with Gasteiger partial charge in [-0.1, -0.05) is 25.7 Å². The third-order valence-corrected chi connectivity index (χ3v) is 5.98. The fraction of sp³-hybridized carbons (Fsp3) is 0.909. The van der Waals surface area contributed by atoms with Crippen molar-refractivity contribution in [2.45, 2.75) is 62.4 Å². The molecule has 1 unspecified atom stereocenters. The Morgan fingerprint density at radius 2 is 1.75 bits per heavy atom. The highest BCUT2D eigenvalue weighted by atomic mass is 32.2. The molecule has 0 aliphatic heterocycles. The average Bonchev–Trinajstić information content (AvgIpc) is 2.44. The largest absolute Gasteiger partial charge is 0.481 e. The number of carboxylic acid groups (broad SMARTS) is 1. The summed E-state index contributed by atoms with van der Waals surface area (Å²) in [5.74, 6) is -1.04. The molecular formula is C11H20O4S. The fourth-order valence-electron chi connectivity index (χ4n) is 2.26. The Labute approximate surface area is 97.0 Å². The lowest BCUT2D eigenvalue weighted by Crippen LogP contribution is -2.31. The summed E-state index contributed by atoms with van der Waals surface area (Å²) >= 11 is 0. The molecule has 1 atom stereocenters. The maximum absolute atomic E-state index is 12.1. The maximum Gasteiger partial charge on any atom is 0.304 e. The van der Waals surface area contributed by atoms with Gasteiger partial charge in [0.15, 0.2) is 9.84 Å². The first kappa shape index (κ1) is 13.5. The minimum absolute atomic E-state index is 0.279. The van der Waals surface area contributed by atoms with Crippen molar-refractivity contribution in [2.75, 3.05) is 0 Å². The fourth-order valence-corrected chi connectivity index (χ4v) is 4.28. The SMILES string of the molecule is CC(CC(=O)O)S(=O)(=O)C1CCCCCC1. The molecule has 0 amide bonds. The minimum Gasteiger partial charge on any atom is -0.481 e. The molecule has 16 heavy (non-hydrogen) atoms. The van der Waals surface area contributed by atoms with Crippen molar-refractivity contribution < 1.29 is 18.3 Å². The van der Waals surface area contributed by atoms with Gasteiger partial charge in [0.05, 0.1) is 16.9 Å². The van der Waals surface area contributed by atoms with Crippen LogP contribution in [0.1, 0.15) is 51.9 Å². The number of rotatable bonds is 4. The van der Waals surface area contributed by atoms with Crippen LogP contribution in [0, 0.1) is 0 Å². The lowest BCUT2D eigenvalue weighted by Gasteiger charge is -2.19. The van der Waals surface area contributed by atoms with E-state index in [9.17, 15) is 13.2 Å². The number of carbonyl (C=O) groups is 1. The summed E-state index contributed by atoms with van der Waals surface area (Å²) in [5.41, 5.74) is 0. The molecule has 4 nitrogen and oxygen atoms in total. The maximum atomic E-state index is 12.1. The number of hydrogen-bond donors (Lipinski definition) is 1. The van der Waals surface area contributed by atoms with E-state index < -0.39 is 21.1 Å². The standard InChI is InChI=1S/C11H20O4S/c1-9(8-11(12)13)16(14,15)10-6-4-2-3-5-7-10/h9-10H,2-8H2,1H3,(H,12,13). The van der Waals surface area contributed by atoms with Crippen LogP contribution < -0.4 is 0 Å². The van der Waals surface area contributed by atoms with Gasteiger partial charge in [0.2, 0.25) is 0 Å². The van der Waals surface area contributed by atoms with Crippen LogP contribution in [0.4, 0.5) is 0 Å². The van der Waals surface area contributed by atoms with Gasteiger partial charge >= 0.3 is 5.97 Å². The van der Waals surface area contributed by atoms with Crippen LogP contribution in [0.25, 0.3) is 0 Å². The van der Waals surface area contributed by atoms with Crippen LogP contribution in [0.3, 0.4) is 0 Å². The Bertz CT molecular complexity index is 326. The normalized spacial score (nSPS) is 21.3. The highest BCUT2D eigenvalue weighted by Gasteiger charge is 2.32. The third-order valence-electron chi connectivity index (χ3n) is 3.29. The van der Waals surface area contributed by atoms with E-state index in [2.05, 4.69) is 0 Å². The van der Waals surface area contributed by atoms with Crippen molar-refractivity contribution >= 4 is 15.8 Å². The zero-order valence-electron chi connectivity index (χ0n) is 9.68. The van der Waals surface area contributed by atoms with E-state index in [1.807, 2.05) is 0 Å². The molecule has 0 saturated heterocycles. The number of aliphatic carboxylic acids is 1. The molecule has 0 aromatic heterocycles. The second-order valence-electron chi connectivity index (χ2n) is 4.61. The van der Waals surface area contributed by atoms with Crippen LogP contribution in [0.5, 0.6) is 0 Å². The molecule has 5 heteroatoms.